The topological polar surface area (TPSA) is 17.1 Å². The van der Waals surface area contributed by atoms with E-state index in [1.165, 1.54) is 37.7 Å². The van der Waals surface area contributed by atoms with Crippen molar-refractivity contribution in [2.75, 3.05) is 0 Å². The second kappa shape index (κ2) is 4.46. The van der Waals surface area contributed by atoms with Crippen molar-refractivity contribution in [3.8, 4) is 0 Å². The van der Waals surface area contributed by atoms with Gasteiger partial charge in [0.25, 0.3) is 0 Å². The third kappa shape index (κ3) is 1.79. The summed E-state index contributed by atoms with van der Waals surface area (Å²) in [5, 5.41) is 0. The molecule has 0 bridgehead atoms. The molecule has 21 heavy (non-hydrogen) atoms. The standard InChI is InChI=1S/C20H30O/c1-13-4-7-17-16-6-5-14-12-15(21)8-10-20(14,3)18(16)9-11-19(13,17)2/h5,13,16-18H,4,6-12H2,1-3H3/t13-,16?,17?,18?,19+,20-/m0/s1. The average Bonchev–Trinajstić information content (AvgIpc) is 2.76. The minimum atomic E-state index is 0.351. The third-order valence-electron chi connectivity index (χ3n) is 8.41. The van der Waals surface area contributed by atoms with Gasteiger partial charge in [0.05, 0.1) is 0 Å². The first kappa shape index (κ1) is 14.0. The molecule has 3 fully saturated rings. The zero-order valence-electron chi connectivity index (χ0n) is 14.0. The Kier molecular flexibility index (Phi) is 2.98. The number of ketones is 1. The fourth-order valence-electron chi connectivity index (χ4n) is 6.74. The zero-order chi connectivity index (χ0) is 14.8. The molecule has 0 spiro atoms. The number of hydrogen-bond donors (Lipinski definition) is 0. The van der Waals surface area contributed by atoms with E-state index in [0.29, 0.717) is 16.6 Å². The van der Waals surface area contributed by atoms with Crippen LogP contribution in [0.1, 0.15) is 72.1 Å². The summed E-state index contributed by atoms with van der Waals surface area (Å²) in [5.41, 5.74) is 2.46. The van der Waals surface area contributed by atoms with Gasteiger partial charge in [-0.15, -0.1) is 0 Å². The molecule has 0 aromatic carbocycles. The first-order valence-corrected chi connectivity index (χ1v) is 9.16. The van der Waals surface area contributed by atoms with Gasteiger partial charge in [0, 0.05) is 12.8 Å². The Morgan fingerprint density at radius 1 is 1.10 bits per heavy atom. The maximum Gasteiger partial charge on any atom is 0.136 e. The molecule has 116 valence electrons. The first-order valence-electron chi connectivity index (χ1n) is 9.16. The number of carbonyl (C=O) groups is 1. The summed E-state index contributed by atoms with van der Waals surface area (Å²) >= 11 is 0. The number of rotatable bonds is 0. The number of hydrogen-bond acceptors (Lipinski definition) is 1. The van der Waals surface area contributed by atoms with E-state index in [1.54, 1.807) is 0 Å². The highest BCUT2D eigenvalue weighted by Gasteiger charge is 2.57. The summed E-state index contributed by atoms with van der Waals surface area (Å²) in [5.74, 6) is 4.09. The van der Waals surface area contributed by atoms with Crippen molar-refractivity contribution < 1.29 is 4.79 Å². The van der Waals surface area contributed by atoms with Gasteiger partial charge in [0.1, 0.15) is 5.78 Å². The lowest BCUT2D eigenvalue weighted by Gasteiger charge is -2.57. The van der Waals surface area contributed by atoms with Crippen molar-refractivity contribution in [3.63, 3.8) is 0 Å². The number of Topliss-reactive ketones (excluding diaryl/α,β-unsaturated/α-hetero) is 1. The van der Waals surface area contributed by atoms with Gasteiger partial charge in [-0.05, 0) is 73.0 Å². The maximum atomic E-state index is 11.9. The average molecular weight is 286 g/mol. The minimum absolute atomic E-state index is 0.351. The van der Waals surface area contributed by atoms with Crippen LogP contribution in [0.2, 0.25) is 0 Å². The molecular formula is C20H30O. The monoisotopic (exact) mass is 286 g/mol. The van der Waals surface area contributed by atoms with E-state index in [1.807, 2.05) is 0 Å². The van der Waals surface area contributed by atoms with Crippen LogP contribution < -0.4 is 0 Å². The van der Waals surface area contributed by atoms with Crippen LogP contribution in [0.5, 0.6) is 0 Å². The van der Waals surface area contributed by atoms with Gasteiger partial charge in [0.2, 0.25) is 0 Å². The molecule has 4 aliphatic rings. The minimum Gasteiger partial charge on any atom is -0.299 e. The number of fused-ring (bicyclic) bond motifs is 5. The lowest BCUT2D eigenvalue weighted by Crippen LogP contribution is -2.49. The van der Waals surface area contributed by atoms with Crippen LogP contribution in [0.25, 0.3) is 0 Å². The van der Waals surface area contributed by atoms with Crippen molar-refractivity contribution in [1.82, 2.24) is 0 Å². The van der Waals surface area contributed by atoms with E-state index in [4.69, 9.17) is 0 Å². The van der Waals surface area contributed by atoms with Gasteiger partial charge in [-0.3, -0.25) is 4.79 Å². The molecule has 0 heterocycles. The Morgan fingerprint density at radius 2 is 1.90 bits per heavy atom. The molecule has 0 N–H and O–H groups in total. The predicted octanol–water partition coefficient (Wildman–Crippen LogP) is 5.15. The highest BCUT2D eigenvalue weighted by Crippen LogP contribution is 2.65. The molecule has 0 aromatic heterocycles. The van der Waals surface area contributed by atoms with E-state index in [9.17, 15) is 4.79 Å². The molecule has 0 aliphatic heterocycles. The van der Waals surface area contributed by atoms with Crippen LogP contribution in [-0.4, -0.2) is 5.78 Å². The predicted molar refractivity (Wildman–Crippen MR) is 85.9 cm³/mol. The van der Waals surface area contributed by atoms with Crippen molar-refractivity contribution in [2.24, 2.45) is 34.5 Å². The summed E-state index contributed by atoms with van der Waals surface area (Å²) < 4.78 is 0. The zero-order valence-corrected chi connectivity index (χ0v) is 14.0. The molecule has 3 unspecified atom stereocenters. The SMILES string of the molecule is C[C@H]1CCC2C3CC=C4CC(=O)CC[C@]4(C)C3CC[C@@]21C. The van der Waals surface area contributed by atoms with Gasteiger partial charge in [0.15, 0.2) is 0 Å². The van der Waals surface area contributed by atoms with E-state index in [2.05, 4.69) is 26.8 Å². The molecule has 0 radical (unpaired) electrons. The van der Waals surface area contributed by atoms with Crippen LogP contribution in [0.15, 0.2) is 11.6 Å². The van der Waals surface area contributed by atoms with E-state index < -0.39 is 0 Å². The molecule has 0 amide bonds. The molecular weight excluding hydrogens is 256 g/mol. The van der Waals surface area contributed by atoms with Crippen molar-refractivity contribution in [1.29, 1.82) is 0 Å². The Morgan fingerprint density at radius 3 is 2.71 bits per heavy atom. The van der Waals surface area contributed by atoms with Crippen molar-refractivity contribution >= 4 is 5.78 Å². The second-order valence-corrected chi connectivity index (χ2v) is 9.00. The number of allylic oxidation sites excluding steroid dienone is 2. The van der Waals surface area contributed by atoms with Crippen LogP contribution in [-0.2, 0) is 4.79 Å². The van der Waals surface area contributed by atoms with Crippen LogP contribution in [0.3, 0.4) is 0 Å². The lowest BCUT2D eigenvalue weighted by atomic mass is 9.47. The fourth-order valence-corrected chi connectivity index (χ4v) is 6.74. The maximum absolute atomic E-state index is 11.9. The highest BCUT2D eigenvalue weighted by molar-refractivity contribution is 5.82. The Balaban J connectivity index is 1.69. The summed E-state index contributed by atoms with van der Waals surface area (Å²) in [4.78, 5) is 11.9. The number of carbonyl (C=O) groups excluding carboxylic acids is 1. The van der Waals surface area contributed by atoms with Crippen LogP contribution in [0, 0.1) is 34.5 Å². The summed E-state index contributed by atoms with van der Waals surface area (Å²) in [6.07, 6.45) is 12.2. The second-order valence-electron chi connectivity index (χ2n) is 9.00. The summed E-state index contributed by atoms with van der Waals surface area (Å²) in [6, 6.07) is 0. The molecule has 0 saturated heterocycles. The van der Waals surface area contributed by atoms with Crippen LogP contribution in [0.4, 0.5) is 0 Å². The van der Waals surface area contributed by atoms with Gasteiger partial charge in [-0.2, -0.15) is 0 Å². The van der Waals surface area contributed by atoms with Crippen molar-refractivity contribution in [3.05, 3.63) is 11.6 Å². The Labute approximate surface area is 129 Å². The normalized spacial score (nSPS) is 52.7. The Bertz CT molecular complexity index is 504. The lowest BCUT2D eigenvalue weighted by molar-refractivity contribution is -0.122. The smallest absolute Gasteiger partial charge is 0.136 e. The van der Waals surface area contributed by atoms with Gasteiger partial charge in [-0.1, -0.05) is 32.4 Å². The summed E-state index contributed by atoms with van der Waals surface area (Å²) in [7, 11) is 0. The largest absolute Gasteiger partial charge is 0.299 e. The van der Waals surface area contributed by atoms with Crippen LogP contribution >= 0.6 is 0 Å². The first-order chi connectivity index (χ1) is 9.95. The quantitative estimate of drug-likeness (QED) is 0.562. The van der Waals surface area contributed by atoms with E-state index in [0.717, 1.165) is 42.9 Å². The third-order valence-corrected chi connectivity index (χ3v) is 8.41. The van der Waals surface area contributed by atoms with E-state index in [-0.39, 0.29) is 0 Å². The molecule has 4 rings (SSSR count). The molecule has 0 aromatic rings. The molecule has 3 saturated carbocycles. The Hall–Kier alpha value is -0.590. The summed E-state index contributed by atoms with van der Waals surface area (Å²) in [6.45, 7) is 7.56. The molecule has 1 heteroatoms. The van der Waals surface area contributed by atoms with E-state index >= 15 is 0 Å². The molecule has 6 atom stereocenters. The van der Waals surface area contributed by atoms with Gasteiger partial charge >= 0.3 is 0 Å². The highest BCUT2D eigenvalue weighted by atomic mass is 16.1. The molecule has 1 nitrogen and oxygen atoms in total. The molecule has 4 aliphatic carbocycles. The van der Waals surface area contributed by atoms with Gasteiger partial charge in [-0.25, -0.2) is 0 Å². The fraction of sp³-hybridized carbons (Fsp3) is 0.850. The van der Waals surface area contributed by atoms with Crippen molar-refractivity contribution in [2.45, 2.75) is 72.1 Å². The van der Waals surface area contributed by atoms with Gasteiger partial charge < -0.3 is 0 Å².